The number of aliphatic hydroxyl groups excluding tert-OH is 2. The number of rotatable bonds is 18. The van der Waals surface area contributed by atoms with Gasteiger partial charge in [-0.05, 0) is 42.9 Å². The van der Waals surface area contributed by atoms with Gasteiger partial charge >= 0.3 is 5.97 Å². The molecule has 4 aliphatic heterocycles. The number of likely N-dealkylation sites (tertiary alicyclic amines) is 1. The molecule has 282 valence electrons. The van der Waals surface area contributed by atoms with Crippen molar-refractivity contribution in [2.45, 2.75) is 133 Å². The Bertz CT molecular complexity index is 1400. The third-order valence-electron chi connectivity index (χ3n) is 11.1. The Morgan fingerprint density at radius 3 is 2.55 bits per heavy atom. The van der Waals surface area contributed by atoms with Crippen LogP contribution >= 0.6 is 0 Å². The molecule has 1 aromatic carbocycles. The van der Waals surface area contributed by atoms with Crippen LogP contribution in [0.15, 0.2) is 30.5 Å². The summed E-state index contributed by atoms with van der Waals surface area (Å²) >= 11 is 0. The van der Waals surface area contributed by atoms with Gasteiger partial charge in [-0.15, -0.1) is 0 Å². The SMILES string of the molecule is CCCCCC1(CCCCC)OC2C3CC4(C(=O)N5CCCC5C(=O)NCCO)C(ON(Cc5cccc(C=COCCO)c5)C4C(=O)O3)C2O1. The van der Waals surface area contributed by atoms with Gasteiger partial charge in [-0.3, -0.25) is 19.2 Å². The number of hydroxylamine groups is 2. The molecule has 5 fully saturated rings. The highest BCUT2D eigenvalue weighted by Crippen LogP contribution is 2.59. The van der Waals surface area contributed by atoms with E-state index in [9.17, 15) is 14.7 Å². The second kappa shape index (κ2) is 16.7. The fourth-order valence-corrected chi connectivity index (χ4v) is 8.75. The van der Waals surface area contributed by atoms with Crippen molar-refractivity contribution in [2.24, 2.45) is 5.41 Å². The molecule has 6 rings (SSSR count). The zero-order valence-electron chi connectivity index (χ0n) is 30.0. The van der Waals surface area contributed by atoms with Gasteiger partial charge in [0, 0.05) is 32.4 Å². The molecule has 7 atom stereocenters. The number of hydrogen-bond acceptors (Lipinski definition) is 11. The molecule has 3 N–H and O–H groups in total. The number of esters is 1. The minimum atomic E-state index is -1.37. The standard InChI is InChI=1S/C38H55N3O10/c1-3-5-7-15-37(16-8-6-4-2)49-30-29-24-38(36(46)40-18-10-13-28(40)34(44)39-17-19-42)32(35(45)48-29)41(51-33(38)31(30)50-37)25-27-12-9-11-26(23-27)14-21-47-22-20-43/h9,11-12,14,21,23,28-33,42-43H,3-8,10,13,15-20,22,24-25H2,1-2H3,(H,39,44). The average Bonchev–Trinajstić information content (AvgIpc) is 3.85. The number of aliphatic hydroxyl groups is 2. The van der Waals surface area contributed by atoms with Gasteiger partial charge in [0.25, 0.3) is 0 Å². The first kappa shape index (κ1) is 37.7. The van der Waals surface area contributed by atoms with Gasteiger partial charge in [-0.2, -0.15) is 5.06 Å². The van der Waals surface area contributed by atoms with Crippen molar-refractivity contribution in [1.29, 1.82) is 0 Å². The Hall–Kier alpha value is -3.07. The van der Waals surface area contributed by atoms with E-state index in [4.69, 9.17) is 28.9 Å². The van der Waals surface area contributed by atoms with Gasteiger partial charge in [0.2, 0.25) is 11.8 Å². The zero-order chi connectivity index (χ0) is 36.0. The first-order valence-electron chi connectivity index (χ1n) is 19.0. The summed E-state index contributed by atoms with van der Waals surface area (Å²) in [6.07, 6.45) is 9.20. The molecule has 4 heterocycles. The number of carbonyl (C=O) groups excluding carboxylic acids is 3. The number of unbranched alkanes of at least 4 members (excludes halogenated alkanes) is 4. The third-order valence-corrected chi connectivity index (χ3v) is 11.1. The fraction of sp³-hybridized carbons (Fsp3) is 0.711. The summed E-state index contributed by atoms with van der Waals surface area (Å²) in [5.41, 5.74) is 0.319. The summed E-state index contributed by atoms with van der Waals surface area (Å²) in [5, 5.41) is 22.7. The molecule has 1 saturated carbocycles. The van der Waals surface area contributed by atoms with E-state index < -0.39 is 53.7 Å². The van der Waals surface area contributed by atoms with Crippen LogP contribution in [0.5, 0.6) is 0 Å². The predicted molar refractivity (Wildman–Crippen MR) is 185 cm³/mol. The van der Waals surface area contributed by atoms with Crippen LogP contribution in [0.25, 0.3) is 6.08 Å². The van der Waals surface area contributed by atoms with E-state index in [1.165, 1.54) is 6.26 Å². The van der Waals surface area contributed by atoms with E-state index in [1.54, 1.807) is 16.0 Å². The van der Waals surface area contributed by atoms with E-state index in [2.05, 4.69) is 19.2 Å². The maximum Gasteiger partial charge on any atom is 0.327 e. The van der Waals surface area contributed by atoms with Crippen LogP contribution in [-0.4, -0.2) is 113 Å². The molecule has 1 aliphatic carbocycles. The second-order valence-corrected chi connectivity index (χ2v) is 14.5. The average molecular weight is 714 g/mol. The molecule has 51 heavy (non-hydrogen) atoms. The molecule has 1 aromatic rings. The highest BCUT2D eigenvalue weighted by molar-refractivity contribution is 5.96. The number of carbonyl (C=O) groups is 3. The van der Waals surface area contributed by atoms with Crippen molar-refractivity contribution in [1.82, 2.24) is 15.3 Å². The lowest BCUT2D eigenvalue weighted by atomic mass is 9.62. The highest BCUT2D eigenvalue weighted by atomic mass is 16.8. The van der Waals surface area contributed by atoms with Gasteiger partial charge in [-0.25, -0.2) is 0 Å². The minimum absolute atomic E-state index is 0.0859. The molecule has 0 radical (unpaired) electrons. The van der Waals surface area contributed by atoms with Gasteiger partial charge in [0.15, 0.2) is 11.8 Å². The number of nitrogens with zero attached hydrogens (tertiary/aromatic N) is 2. The van der Waals surface area contributed by atoms with E-state index in [1.807, 2.05) is 24.3 Å². The lowest BCUT2D eigenvalue weighted by molar-refractivity contribution is -0.225. The highest BCUT2D eigenvalue weighted by Gasteiger charge is 2.77. The van der Waals surface area contributed by atoms with Crippen LogP contribution < -0.4 is 5.32 Å². The van der Waals surface area contributed by atoms with Crippen molar-refractivity contribution in [3.05, 3.63) is 41.7 Å². The summed E-state index contributed by atoms with van der Waals surface area (Å²) in [4.78, 5) is 51.1. The molecule has 0 spiro atoms. The molecule has 7 unspecified atom stereocenters. The summed E-state index contributed by atoms with van der Waals surface area (Å²) < 4.78 is 25.4. The Labute approximate surface area is 300 Å². The first-order valence-corrected chi connectivity index (χ1v) is 19.0. The Kier molecular flexibility index (Phi) is 12.4. The topological polar surface area (TPSA) is 156 Å². The fourth-order valence-electron chi connectivity index (χ4n) is 8.75. The van der Waals surface area contributed by atoms with E-state index in [0.29, 0.717) is 32.2 Å². The number of hydrogen-bond donors (Lipinski definition) is 3. The van der Waals surface area contributed by atoms with Gasteiger partial charge in [0.05, 0.1) is 26.0 Å². The van der Waals surface area contributed by atoms with Crippen molar-refractivity contribution in [2.75, 3.05) is 32.9 Å². The number of ether oxygens (including phenoxy) is 4. The van der Waals surface area contributed by atoms with E-state index in [0.717, 1.165) is 49.7 Å². The van der Waals surface area contributed by atoms with Crippen LogP contribution in [0.4, 0.5) is 0 Å². The zero-order valence-corrected chi connectivity index (χ0v) is 30.0. The van der Waals surface area contributed by atoms with Crippen LogP contribution in [0.1, 0.15) is 95.6 Å². The molecule has 13 nitrogen and oxygen atoms in total. The summed E-state index contributed by atoms with van der Waals surface area (Å²) in [6.45, 7) is 4.86. The quantitative estimate of drug-likeness (QED) is 0.117. The Morgan fingerprint density at radius 1 is 1.06 bits per heavy atom. The molecule has 2 amide bonds. The number of amides is 2. The summed E-state index contributed by atoms with van der Waals surface area (Å²) in [5.74, 6) is -2.05. The van der Waals surface area contributed by atoms with Crippen molar-refractivity contribution >= 4 is 23.9 Å². The van der Waals surface area contributed by atoms with Crippen molar-refractivity contribution in [3.63, 3.8) is 0 Å². The normalized spacial score (nSPS) is 30.8. The van der Waals surface area contributed by atoms with Crippen LogP contribution in [0.3, 0.4) is 0 Å². The van der Waals surface area contributed by atoms with Crippen LogP contribution in [0.2, 0.25) is 0 Å². The van der Waals surface area contributed by atoms with Gasteiger partial charge in [-0.1, -0.05) is 63.8 Å². The smallest absolute Gasteiger partial charge is 0.327 e. The molecular formula is C38H55N3O10. The van der Waals surface area contributed by atoms with Gasteiger partial charge < -0.3 is 39.4 Å². The number of benzene rings is 1. The van der Waals surface area contributed by atoms with Crippen LogP contribution in [0, 0.1) is 5.41 Å². The Morgan fingerprint density at radius 2 is 1.82 bits per heavy atom. The number of nitrogens with one attached hydrogen (secondary N) is 1. The van der Waals surface area contributed by atoms with Gasteiger partial charge in [0.1, 0.15) is 42.5 Å². The molecule has 13 heteroatoms. The first-order chi connectivity index (χ1) is 24.8. The molecule has 2 bridgehead atoms. The predicted octanol–water partition coefficient (Wildman–Crippen LogP) is 3.21. The van der Waals surface area contributed by atoms with Crippen LogP contribution in [-0.2, 0) is 44.7 Å². The van der Waals surface area contributed by atoms with E-state index in [-0.39, 0.29) is 51.1 Å². The summed E-state index contributed by atoms with van der Waals surface area (Å²) in [7, 11) is 0. The maximum atomic E-state index is 15.2. The molecule has 0 aromatic heterocycles. The maximum absolute atomic E-state index is 15.2. The van der Waals surface area contributed by atoms with Crippen molar-refractivity contribution < 1.29 is 48.4 Å². The molecular weight excluding hydrogens is 658 g/mol. The Balaban J connectivity index is 1.35. The lowest BCUT2D eigenvalue weighted by Gasteiger charge is -2.50. The second-order valence-electron chi connectivity index (χ2n) is 14.5. The van der Waals surface area contributed by atoms with Crippen molar-refractivity contribution in [3.8, 4) is 0 Å². The minimum Gasteiger partial charge on any atom is -0.499 e. The lowest BCUT2D eigenvalue weighted by Crippen LogP contribution is -2.70. The molecule has 5 aliphatic rings. The summed E-state index contributed by atoms with van der Waals surface area (Å²) in [6, 6.07) is 5.89. The largest absolute Gasteiger partial charge is 0.499 e. The molecule has 4 saturated heterocycles. The third kappa shape index (κ3) is 7.56. The van der Waals surface area contributed by atoms with E-state index >= 15 is 4.79 Å². The monoisotopic (exact) mass is 713 g/mol. The number of fused-ring (bicyclic) bond motifs is 4.